The van der Waals surface area contributed by atoms with E-state index in [0.717, 1.165) is 18.8 Å². The fourth-order valence-corrected chi connectivity index (χ4v) is 2.61. The number of carbonyl (C=O) groups excluding carboxylic acids is 1. The zero-order valence-corrected chi connectivity index (χ0v) is 12.3. The second kappa shape index (κ2) is 6.78. The molecular weight excluding hydrogens is 294 g/mol. The summed E-state index contributed by atoms with van der Waals surface area (Å²) in [6.45, 7) is 3.46. The molecule has 6 nitrogen and oxygen atoms in total. The number of carboxylic acid groups (broad SMARTS) is 1. The maximum Gasteiger partial charge on any atom is 0.304 e. The lowest BCUT2D eigenvalue weighted by atomic mass is 10.1. The summed E-state index contributed by atoms with van der Waals surface area (Å²) < 4.78 is 0. The quantitative estimate of drug-likeness (QED) is 0.848. The molecule has 0 saturated carbocycles. The summed E-state index contributed by atoms with van der Waals surface area (Å²) >= 11 is 6.00. The van der Waals surface area contributed by atoms with E-state index in [4.69, 9.17) is 22.4 Å². The van der Waals surface area contributed by atoms with Crippen LogP contribution in [-0.4, -0.2) is 54.6 Å². The van der Waals surface area contributed by atoms with Gasteiger partial charge in [0.25, 0.3) is 5.91 Å². The van der Waals surface area contributed by atoms with Crippen LogP contribution in [0.25, 0.3) is 0 Å². The first-order chi connectivity index (χ1) is 9.97. The van der Waals surface area contributed by atoms with Crippen molar-refractivity contribution in [1.82, 2.24) is 4.90 Å². The molecule has 0 aromatic heterocycles. The molecule has 1 aliphatic heterocycles. The summed E-state index contributed by atoms with van der Waals surface area (Å²) in [4.78, 5) is 26.2. The molecule has 0 unspecified atom stereocenters. The molecule has 1 heterocycles. The minimum Gasteiger partial charge on any atom is -0.481 e. The standard InChI is InChI=1S/C14H18ClN3O3/c15-10-1-2-11(14(16)21)12(9-10)18-7-5-17(6-8-18)4-3-13(19)20/h1-2,9H,3-8H2,(H2,16,21)(H,19,20). The number of benzene rings is 1. The van der Waals surface area contributed by atoms with Crippen molar-refractivity contribution >= 4 is 29.2 Å². The number of rotatable bonds is 5. The first-order valence-electron chi connectivity index (χ1n) is 6.76. The molecule has 1 aromatic carbocycles. The lowest BCUT2D eigenvalue weighted by molar-refractivity contribution is -0.137. The molecule has 21 heavy (non-hydrogen) atoms. The molecule has 3 N–H and O–H groups in total. The van der Waals surface area contributed by atoms with Crippen molar-refractivity contribution in [1.29, 1.82) is 0 Å². The number of piperazine rings is 1. The third-order valence-corrected chi connectivity index (χ3v) is 3.82. The van der Waals surface area contributed by atoms with Gasteiger partial charge >= 0.3 is 5.97 Å². The Morgan fingerprint density at radius 3 is 2.48 bits per heavy atom. The number of carboxylic acids is 1. The lowest BCUT2D eigenvalue weighted by Gasteiger charge is -2.36. The average molecular weight is 312 g/mol. The number of hydrogen-bond acceptors (Lipinski definition) is 4. The Kier molecular flexibility index (Phi) is 5.03. The predicted octanol–water partition coefficient (Wildman–Crippen LogP) is 1.04. The van der Waals surface area contributed by atoms with Crippen LogP contribution < -0.4 is 10.6 Å². The molecule has 7 heteroatoms. The summed E-state index contributed by atoms with van der Waals surface area (Å²) in [5, 5.41) is 9.26. The second-order valence-electron chi connectivity index (χ2n) is 5.00. The normalized spacial score (nSPS) is 16.0. The predicted molar refractivity (Wildman–Crippen MR) is 80.9 cm³/mol. The van der Waals surface area contributed by atoms with Crippen LogP contribution in [0.2, 0.25) is 5.02 Å². The second-order valence-corrected chi connectivity index (χ2v) is 5.43. The van der Waals surface area contributed by atoms with Gasteiger partial charge in [-0.2, -0.15) is 0 Å². The van der Waals surface area contributed by atoms with Crippen LogP contribution >= 0.6 is 11.6 Å². The first kappa shape index (κ1) is 15.6. The first-order valence-corrected chi connectivity index (χ1v) is 7.13. The molecule has 2 rings (SSSR count). The third-order valence-electron chi connectivity index (χ3n) is 3.58. The third kappa shape index (κ3) is 4.09. The fourth-order valence-electron chi connectivity index (χ4n) is 2.44. The summed E-state index contributed by atoms with van der Waals surface area (Å²) in [6.07, 6.45) is 0.143. The number of nitrogens with zero attached hydrogens (tertiary/aromatic N) is 2. The van der Waals surface area contributed by atoms with E-state index in [2.05, 4.69) is 9.80 Å². The van der Waals surface area contributed by atoms with Crippen molar-refractivity contribution in [2.24, 2.45) is 5.73 Å². The van der Waals surface area contributed by atoms with Gasteiger partial charge < -0.3 is 15.7 Å². The molecule has 1 aliphatic rings. The number of hydrogen-bond donors (Lipinski definition) is 2. The van der Waals surface area contributed by atoms with Crippen LogP contribution in [0.3, 0.4) is 0 Å². The Hall–Kier alpha value is -1.79. The van der Waals surface area contributed by atoms with Gasteiger partial charge in [0, 0.05) is 37.7 Å². The SMILES string of the molecule is NC(=O)c1ccc(Cl)cc1N1CCN(CCC(=O)O)CC1. The Labute approximate surface area is 128 Å². The van der Waals surface area contributed by atoms with E-state index in [-0.39, 0.29) is 6.42 Å². The summed E-state index contributed by atoms with van der Waals surface area (Å²) in [6, 6.07) is 5.03. The van der Waals surface area contributed by atoms with Gasteiger partial charge in [-0.25, -0.2) is 0 Å². The number of carbonyl (C=O) groups is 2. The van der Waals surface area contributed by atoms with Crippen molar-refractivity contribution in [2.75, 3.05) is 37.6 Å². The molecule has 1 saturated heterocycles. The minimum atomic E-state index is -0.789. The molecule has 114 valence electrons. The molecule has 0 bridgehead atoms. The van der Waals surface area contributed by atoms with E-state index in [1.807, 2.05) is 0 Å². The highest BCUT2D eigenvalue weighted by Crippen LogP contribution is 2.25. The number of aliphatic carboxylic acids is 1. The van der Waals surface area contributed by atoms with Gasteiger partial charge in [0.05, 0.1) is 17.7 Å². The van der Waals surface area contributed by atoms with Gasteiger partial charge in [0.2, 0.25) is 0 Å². The largest absolute Gasteiger partial charge is 0.481 e. The fraction of sp³-hybridized carbons (Fsp3) is 0.429. The number of nitrogens with two attached hydrogens (primary N) is 1. The smallest absolute Gasteiger partial charge is 0.304 e. The zero-order valence-electron chi connectivity index (χ0n) is 11.6. The van der Waals surface area contributed by atoms with E-state index in [1.165, 1.54) is 0 Å². The van der Waals surface area contributed by atoms with Crippen molar-refractivity contribution < 1.29 is 14.7 Å². The van der Waals surface area contributed by atoms with Crippen LogP contribution in [0.15, 0.2) is 18.2 Å². The molecule has 0 spiro atoms. The highest BCUT2D eigenvalue weighted by atomic mass is 35.5. The summed E-state index contributed by atoms with van der Waals surface area (Å²) in [5.74, 6) is -1.27. The van der Waals surface area contributed by atoms with E-state index in [0.29, 0.717) is 30.2 Å². The lowest BCUT2D eigenvalue weighted by Crippen LogP contribution is -2.47. The van der Waals surface area contributed by atoms with Gasteiger partial charge in [-0.3, -0.25) is 14.5 Å². The Morgan fingerprint density at radius 2 is 1.90 bits per heavy atom. The molecular formula is C14H18ClN3O3. The summed E-state index contributed by atoms with van der Waals surface area (Å²) in [5.41, 5.74) is 6.60. The van der Waals surface area contributed by atoms with Crippen molar-refractivity contribution in [3.8, 4) is 0 Å². The molecule has 1 aromatic rings. The molecule has 0 radical (unpaired) electrons. The van der Waals surface area contributed by atoms with Crippen molar-refractivity contribution in [3.05, 3.63) is 28.8 Å². The van der Waals surface area contributed by atoms with Crippen LogP contribution in [-0.2, 0) is 4.79 Å². The van der Waals surface area contributed by atoms with E-state index in [9.17, 15) is 9.59 Å². The average Bonchev–Trinajstić information content (AvgIpc) is 2.45. The van der Waals surface area contributed by atoms with Crippen molar-refractivity contribution in [2.45, 2.75) is 6.42 Å². The van der Waals surface area contributed by atoms with Gasteiger partial charge in [0.15, 0.2) is 0 Å². The van der Waals surface area contributed by atoms with Crippen LogP contribution in [0.5, 0.6) is 0 Å². The Balaban J connectivity index is 2.03. The van der Waals surface area contributed by atoms with Crippen LogP contribution in [0, 0.1) is 0 Å². The summed E-state index contributed by atoms with van der Waals surface area (Å²) in [7, 11) is 0. The van der Waals surface area contributed by atoms with E-state index in [1.54, 1.807) is 18.2 Å². The number of halogens is 1. The number of anilines is 1. The highest BCUT2D eigenvalue weighted by Gasteiger charge is 2.21. The van der Waals surface area contributed by atoms with Crippen LogP contribution in [0.1, 0.15) is 16.8 Å². The molecule has 1 amide bonds. The van der Waals surface area contributed by atoms with Crippen molar-refractivity contribution in [3.63, 3.8) is 0 Å². The van der Waals surface area contributed by atoms with Gasteiger partial charge in [0.1, 0.15) is 0 Å². The van der Waals surface area contributed by atoms with Gasteiger partial charge in [-0.1, -0.05) is 11.6 Å². The van der Waals surface area contributed by atoms with Crippen LogP contribution in [0.4, 0.5) is 5.69 Å². The van der Waals surface area contributed by atoms with Gasteiger partial charge in [-0.05, 0) is 18.2 Å². The minimum absolute atomic E-state index is 0.143. The van der Waals surface area contributed by atoms with E-state index >= 15 is 0 Å². The Bertz CT molecular complexity index is 542. The topological polar surface area (TPSA) is 86.9 Å². The maximum absolute atomic E-state index is 11.5. The maximum atomic E-state index is 11.5. The number of amides is 1. The Morgan fingerprint density at radius 1 is 1.24 bits per heavy atom. The van der Waals surface area contributed by atoms with E-state index < -0.39 is 11.9 Å². The van der Waals surface area contributed by atoms with Gasteiger partial charge in [-0.15, -0.1) is 0 Å². The monoisotopic (exact) mass is 311 g/mol. The molecule has 0 atom stereocenters. The zero-order chi connectivity index (χ0) is 15.4. The number of primary amides is 1. The molecule has 0 aliphatic carbocycles. The highest BCUT2D eigenvalue weighted by molar-refractivity contribution is 6.31. The molecule has 1 fully saturated rings.